The van der Waals surface area contributed by atoms with E-state index < -0.39 is 0 Å². The molecule has 6 heteroatoms. The first-order valence-corrected chi connectivity index (χ1v) is 8.65. The lowest BCUT2D eigenvalue weighted by molar-refractivity contribution is 0.0851. The van der Waals surface area contributed by atoms with E-state index in [-0.39, 0.29) is 17.5 Å². The number of nitrogens with zero attached hydrogens (tertiary/aromatic N) is 2. The van der Waals surface area contributed by atoms with Crippen LogP contribution < -0.4 is 5.32 Å². The Kier molecular flexibility index (Phi) is 4.92. The van der Waals surface area contributed by atoms with E-state index in [1.807, 2.05) is 18.2 Å². The molecule has 0 bridgehead atoms. The minimum atomic E-state index is -0.293. The van der Waals surface area contributed by atoms with Crippen molar-refractivity contribution >= 4 is 12.1 Å². The van der Waals surface area contributed by atoms with Gasteiger partial charge in [-0.1, -0.05) is 30.3 Å². The number of nitrogens with one attached hydrogen (secondary N) is 1. The number of rotatable bonds is 4. The summed E-state index contributed by atoms with van der Waals surface area (Å²) in [6, 6.07) is 10.3. The predicted octanol–water partition coefficient (Wildman–Crippen LogP) is 2.20. The van der Waals surface area contributed by atoms with Crippen LogP contribution in [0.25, 0.3) is 0 Å². The second-order valence-electron chi connectivity index (χ2n) is 6.48. The highest BCUT2D eigenvalue weighted by Gasteiger charge is 2.44. The van der Waals surface area contributed by atoms with Crippen LogP contribution in [0.2, 0.25) is 0 Å². The van der Waals surface area contributed by atoms with Gasteiger partial charge in [-0.3, -0.25) is 0 Å². The van der Waals surface area contributed by atoms with Crippen LogP contribution in [0.15, 0.2) is 30.3 Å². The maximum absolute atomic E-state index is 12.4. The van der Waals surface area contributed by atoms with E-state index in [2.05, 4.69) is 17.4 Å². The van der Waals surface area contributed by atoms with Crippen molar-refractivity contribution in [2.24, 2.45) is 0 Å². The van der Waals surface area contributed by atoms with E-state index in [0.29, 0.717) is 39.3 Å². The topological polar surface area (TPSA) is 61.9 Å². The van der Waals surface area contributed by atoms with E-state index in [4.69, 9.17) is 4.74 Å². The third-order valence-corrected chi connectivity index (χ3v) is 4.91. The van der Waals surface area contributed by atoms with Crippen molar-refractivity contribution in [3.05, 3.63) is 35.9 Å². The van der Waals surface area contributed by atoms with Crippen molar-refractivity contribution in [2.75, 3.05) is 39.3 Å². The Bertz CT molecular complexity index is 578. The largest absolute Gasteiger partial charge is 0.450 e. The van der Waals surface area contributed by atoms with Crippen molar-refractivity contribution in [1.29, 1.82) is 0 Å². The molecule has 2 fully saturated rings. The lowest BCUT2D eigenvalue weighted by atomic mass is 9.96. The van der Waals surface area contributed by atoms with Crippen LogP contribution in [0.1, 0.15) is 25.3 Å². The van der Waals surface area contributed by atoms with Crippen LogP contribution in [0.3, 0.4) is 0 Å². The standard InChI is InChI=1S/C18H25N3O3/c1-2-24-17(23)21-12-10-20(11-13-21)16(22)19-14-18(8-9-18)15-6-4-3-5-7-15/h3-7H,2,8-14H2,1H3,(H,19,22). The zero-order chi connectivity index (χ0) is 17.0. The summed E-state index contributed by atoms with van der Waals surface area (Å²) in [6.45, 7) is 4.98. The Morgan fingerprint density at radius 3 is 2.29 bits per heavy atom. The first kappa shape index (κ1) is 16.6. The molecule has 0 atom stereocenters. The number of piperazine rings is 1. The number of urea groups is 1. The lowest BCUT2D eigenvalue weighted by Gasteiger charge is -2.34. The molecular formula is C18H25N3O3. The van der Waals surface area contributed by atoms with Gasteiger partial charge in [0.1, 0.15) is 0 Å². The van der Waals surface area contributed by atoms with Crippen molar-refractivity contribution in [1.82, 2.24) is 15.1 Å². The first-order valence-electron chi connectivity index (χ1n) is 8.65. The number of amides is 3. The Labute approximate surface area is 142 Å². The zero-order valence-electron chi connectivity index (χ0n) is 14.2. The molecule has 1 N–H and O–H groups in total. The van der Waals surface area contributed by atoms with Crippen molar-refractivity contribution < 1.29 is 14.3 Å². The normalized spacial score (nSPS) is 18.9. The summed E-state index contributed by atoms with van der Waals surface area (Å²) in [7, 11) is 0. The molecule has 3 rings (SSSR count). The lowest BCUT2D eigenvalue weighted by Crippen LogP contribution is -2.54. The molecule has 24 heavy (non-hydrogen) atoms. The highest BCUT2D eigenvalue weighted by atomic mass is 16.6. The molecule has 1 saturated heterocycles. The van der Waals surface area contributed by atoms with Gasteiger partial charge in [-0.2, -0.15) is 0 Å². The fourth-order valence-electron chi connectivity index (χ4n) is 3.17. The predicted molar refractivity (Wildman–Crippen MR) is 90.9 cm³/mol. The van der Waals surface area contributed by atoms with Crippen LogP contribution in [0, 0.1) is 0 Å². The van der Waals surface area contributed by atoms with Gasteiger partial charge in [-0.05, 0) is 25.3 Å². The minimum absolute atomic E-state index is 0.0410. The quantitative estimate of drug-likeness (QED) is 0.920. The second-order valence-corrected chi connectivity index (χ2v) is 6.48. The summed E-state index contributed by atoms with van der Waals surface area (Å²) in [5, 5.41) is 3.08. The summed E-state index contributed by atoms with van der Waals surface area (Å²) >= 11 is 0. The van der Waals surface area contributed by atoms with E-state index in [9.17, 15) is 9.59 Å². The first-order chi connectivity index (χ1) is 11.6. The van der Waals surface area contributed by atoms with Crippen LogP contribution >= 0.6 is 0 Å². The Hall–Kier alpha value is -2.24. The molecule has 1 aromatic carbocycles. The average Bonchev–Trinajstić information content (AvgIpc) is 3.42. The second kappa shape index (κ2) is 7.11. The number of carbonyl (C=O) groups is 2. The minimum Gasteiger partial charge on any atom is -0.450 e. The molecule has 0 aromatic heterocycles. The molecule has 1 aliphatic carbocycles. The highest BCUT2D eigenvalue weighted by molar-refractivity contribution is 5.75. The molecule has 130 valence electrons. The highest BCUT2D eigenvalue weighted by Crippen LogP contribution is 2.47. The number of ether oxygens (including phenoxy) is 1. The molecule has 6 nitrogen and oxygen atoms in total. The fraction of sp³-hybridized carbons (Fsp3) is 0.556. The average molecular weight is 331 g/mol. The van der Waals surface area contributed by atoms with Crippen LogP contribution in [-0.4, -0.2) is 61.3 Å². The molecule has 0 spiro atoms. The van der Waals surface area contributed by atoms with Gasteiger partial charge in [-0.25, -0.2) is 9.59 Å². The Morgan fingerprint density at radius 1 is 1.08 bits per heavy atom. The third-order valence-electron chi connectivity index (χ3n) is 4.91. The summed E-state index contributed by atoms with van der Waals surface area (Å²) in [4.78, 5) is 27.5. The number of carbonyl (C=O) groups excluding carboxylic acids is 2. The van der Waals surface area contributed by atoms with E-state index >= 15 is 0 Å². The fourth-order valence-corrected chi connectivity index (χ4v) is 3.17. The summed E-state index contributed by atoms with van der Waals surface area (Å²) in [5.41, 5.74) is 1.42. The van der Waals surface area contributed by atoms with Gasteiger partial charge in [0.25, 0.3) is 0 Å². The molecule has 1 aliphatic heterocycles. The zero-order valence-corrected chi connectivity index (χ0v) is 14.2. The van der Waals surface area contributed by atoms with Gasteiger partial charge in [0.05, 0.1) is 6.61 Å². The maximum atomic E-state index is 12.4. The molecule has 2 aliphatic rings. The molecule has 1 heterocycles. The molecule has 0 radical (unpaired) electrons. The summed E-state index contributed by atoms with van der Waals surface area (Å²) in [5.74, 6) is 0. The van der Waals surface area contributed by atoms with Crippen LogP contribution in [0.5, 0.6) is 0 Å². The van der Waals surface area contributed by atoms with Gasteiger partial charge in [0, 0.05) is 38.1 Å². The molecule has 0 unspecified atom stereocenters. The van der Waals surface area contributed by atoms with E-state index in [0.717, 1.165) is 12.8 Å². The molecule has 1 saturated carbocycles. The summed E-state index contributed by atoms with van der Waals surface area (Å²) < 4.78 is 4.99. The van der Waals surface area contributed by atoms with Crippen molar-refractivity contribution in [3.63, 3.8) is 0 Å². The Morgan fingerprint density at radius 2 is 1.71 bits per heavy atom. The van der Waals surface area contributed by atoms with Gasteiger partial charge in [0.2, 0.25) is 0 Å². The van der Waals surface area contributed by atoms with Crippen molar-refractivity contribution in [2.45, 2.75) is 25.2 Å². The summed E-state index contributed by atoms with van der Waals surface area (Å²) in [6.07, 6.45) is 1.94. The molecule has 3 amide bonds. The smallest absolute Gasteiger partial charge is 0.409 e. The van der Waals surface area contributed by atoms with Crippen LogP contribution in [-0.2, 0) is 10.2 Å². The number of hydrogen-bond acceptors (Lipinski definition) is 3. The molecular weight excluding hydrogens is 306 g/mol. The van der Waals surface area contributed by atoms with Gasteiger partial charge >= 0.3 is 12.1 Å². The monoisotopic (exact) mass is 331 g/mol. The number of hydrogen-bond donors (Lipinski definition) is 1. The van der Waals surface area contributed by atoms with Gasteiger partial charge in [-0.15, -0.1) is 0 Å². The van der Waals surface area contributed by atoms with E-state index in [1.165, 1.54) is 5.56 Å². The van der Waals surface area contributed by atoms with Crippen LogP contribution in [0.4, 0.5) is 9.59 Å². The number of benzene rings is 1. The van der Waals surface area contributed by atoms with Gasteiger partial charge in [0.15, 0.2) is 0 Å². The maximum Gasteiger partial charge on any atom is 0.409 e. The SMILES string of the molecule is CCOC(=O)N1CCN(C(=O)NCC2(c3ccccc3)CC2)CC1. The Balaban J connectivity index is 1.46. The molecule has 1 aromatic rings. The van der Waals surface area contributed by atoms with E-state index in [1.54, 1.807) is 16.7 Å². The van der Waals surface area contributed by atoms with Crippen molar-refractivity contribution in [3.8, 4) is 0 Å². The third kappa shape index (κ3) is 3.63. The van der Waals surface area contributed by atoms with Gasteiger partial charge < -0.3 is 19.9 Å².